The van der Waals surface area contributed by atoms with E-state index in [2.05, 4.69) is 62.4 Å². The molecule has 1 atom stereocenters. The summed E-state index contributed by atoms with van der Waals surface area (Å²) in [5.74, 6) is 1.97. The molecule has 144 valence electrons. The van der Waals surface area contributed by atoms with Crippen LogP contribution in [0.25, 0.3) is 0 Å². The van der Waals surface area contributed by atoms with Crippen LogP contribution < -0.4 is 10.6 Å². The summed E-state index contributed by atoms with van der Waals surface area (Å²) in [7, 11) is 1.83. The second kappa shape index (κ2) is 12.7. The molecule has 1 aromatic heterocycles. The smallest absolute Gasteiger partial charge is 0.191 e. The van der Waals surface area contributed by atoms with Crippen LogP contribution in [0, 0.1) is 6.92 Å². The van der Waals surface area contributed by atoms with Crippen LogP contribution in [0.4, 0.5) is 0 Å². The normalized spacial score (nSPS) is 12.3. The van der Waals surface area contributed by atoms with E-state index >= 15 is 0 Å². The lowest BCUT2D eigenvalue weighted by molar-refractivity contribution is 0.572. The maximum absolute atomic E-state index is 4.32. The molecule has 0 saturated heterocycles. The summed E-state index contributed by atoms with van der Waals surface area (Å²) in [5.41, 5.74) is 1.38. The van der Waals surface area contributed by atoms with Crippen molar-refractivity contribution < 1.29 is 0 Å². The zero-order valence-electron chi connectivity index (χ0n) is 16.1. The van der Waals surface area contributed by atoms with Crippen LogP contribution in [0.3, 0.4) is 0 Å². The number of guanidine groups is 1. The van der Waals surface area contributed by atoms with E-state index < -0.39 is 0 Å². The van der Waals surface area contributed by atoms with E-state index in [-0.39, 0.29) is 24.0 Å². The summed E-state index contributed by atoms with van der Waals surface area (Å²) in [6, 6.07) is 11.0. The van der Waals surface area contributed by atoms with Crippen molar-refractivity contribution in [2.24, 2.45) is 4.99 Å². The monoisotopic (exact) mass is 469 g/mol. The number of imidazole rings is 1. The average molecular weight is 469 g/mol. The number of hydrogen-bond donors (Lipinski definition) is 2. The maximum Gasteiger partial charge on any atom is 0.191 e. The highest BCUT2D eigenvalue weighted by atomic mass is 127. The summed E-state index contributed by atoms with van der Waals surface area (Å²) in [5, 5.41) is 6.88. The minimum absolute atomic E-state index is 0. The van der Waals surface area contributed by atoms with Gasteiger partial charge < -0.3 is 15.2 Å². The zero-order valence-corrected chi connectivity index (χ0v) is 18.4. The van der Waals surface area contributed by atoms with Gasteiger partial charge in [-0.25, -0.2) is 4.98 Å². The Bertz CT molecular complexity index is 639. The minimum Gasteiger partial charge on any atom is -0.356 e. The lowest BCUT2D eigenvalue weighted by Crippen LogP contribution is -2.42. The first-order valence-electron chi connectivity index (χ1n) is 9.18. The van der Waals surface area contributed by atoms with E-state index in [0.717, 1.165) is 50.6 Å². The van der Waals surface area contributed by atoms with E-state index in [4.69, 9.17) is 0 Å². The van der Waals surface area contributed by atoms with Crippen molar-refractivity contribution in [3.8, 4) is 0 Å². The fourth-order valence-electron chi connectivity index (χ4n) is 2.78. The standard InChI is InChI=1S/C20H31N5.HI/c1-17(11-12-19-9-5-4-6-10-19)24-20(21-3)23-13-7-8-15-25-16-14-22-18(25)2;/h4-6,9-10,14,16-17H,7-8,11-13,15H2,1-3H3,(H2,21,23,24);1H. The van der Waals surface area contributed by atoms with Crippen LogP contribution >= 0.6 is 24.0 Å². The van der Waals surface area contributed by atoms with Crippen molar-refractivity contribution in [3.05, 3.63) is 54.1 Å². The van der Waals surface area contributed by atoms with Crippen LogP contribution in [0.5, 0.6) is 0 Å². The maximum atomic E-state index is 4.32. The van der Waals surface area contributed by atoms with E-state index in [0.29, 0.717) is 6.04 Å². The molecule has 0 aliphatic carbocycles. The predicted octanol–water partition coefficient (Wildman–Crippen LogP) is 3.78. The summed E-state index contributed by atoms with van der Waals surface area (Å²) in [6.07, 6.45) is 8.30. The van der Waals surface area contributed by atoms with Crippen molar-refractivity contribution in [3.63, 3.8) is 0 Å². The van der Waals surface area contributed by atoms with Crippen LogP contribution in [0.15, 0.2) is 47.7 Å². The Morgan fingerprint density at radius 2 is 2.00 bits per heavy atom. The first-order valence-corrected chi connectivity index (χ1v) is 9.18. The molecule has 0 aliphatic heterocycles. The van der Waals surface area contributed by atoms with Gasteiger partial charge in [0.05, 0.1) is 0 Å². The second-order valence-electron chi connectivity index (χ2n) is 6.44. The van der Waals surface area contributed by atoms with Crippen LogP contribution in [-0.4, -0.2) is 35.1 Å². The van der Waals surface area contributed by atoms with Crippen molar-refractivity contribution in [2.45, 2.75) is 52.1 Å². The Morgan fingerprint density at radius 3 is 2.65 bits per heavy atom. The lowest BCUT2D eigenvalue weighted by Gasteiger charge is -2.18. The van der Waals surface area contributed by atoms with Gasteiger partial charge in [-0.2, -0.15) is 0 Å². The molecule has 1 aromatic carbocycles. The SMILES string of the molecule is CN=C(NCCCCn1ccnc1C)NC(C)CCc1ccccc1.I. The third-order valence-corrected chi connectivity index (χ3v) is 4.36. The molecule has 0 saturated carbocycles. The van der Waals surface area contributed by atoms with E-state index in [1.165, 1.54) is 5.56 Å². The van der Waals surface area contributed by atoms with Gasteiger partial charge in [-0.05, 0) is 45.1 Å². The molecule has 2 N–H and O–H groups in total. The van der Waals surface area contributed by atoms with Crippen molar-refractivity contribution >= 4 is 29.9 Å². The highest BCUT2D eigenvalue weighted by molar-refractivity contribution is 14.0. The van der Waals surface area contributed by atoms with Gasteiger partial charge in [0.25, 0.3) is 0 Å². The van der Waals surface area contributed by atoms with E-state index in [9.17, 15) is 0 Å². The molecule has 0 spiro atoms. The molecule has 1 heterocycles. The number of unbranched alkanes of at least 4 members (excludes halogenated alkanes) is 1. The highest BCUT2D eigenvalue weighted by Gasteiger charge is 2.05. The molecule has 26 heavy (non-hydrogen) atoms. The number of aromatic nitrogens is 2. The lowest BCUT2D eigenvalue weighted by atomic mass is 10.1. The first kappa shape index (κ1) is 22.5. The molecule has 0 fully saturated rings. The topological polar surface area (TPSA) is 54.2 Å². The Morgan fingerprint density at radius 1 is 1.23 bits per heavy atom. The summed E-state index contributed by atoms with van der Waals surface area (Å²) < 4.78 is 2.19. The summed E-state index contributed by atoms with van der Waals surface area (Å²) in [6.45, 7) is 6.20. The molecule has 1 unspecified atom stereocenters. The van der Waals surface area contributed by atoms with Gasteiger partial charge in [0.1, 0.15) is 5.82 Å². The Labute approximate surface area is 174 Å². The molecule has 6 heteroatoms. The van der Waals surface area contributed by atoms with Crippen LogP contribution in [0.2, 0.25) is 0 Å². The molecule has 0 radical (unpaired) electrons. The predicted molar refractivity (Wildman–Crippen MR) is 120 cm³/mol. The molecule has 2 rings (SSSR count). The molecule has 2 aromatic rings. The number of rotatable bonds is 9. The third-order valence-electron chi connectivity index (χ3n) is 4.36. The van der Waals surface area contributed by atoms with E-state index in [1.54, 1.807) is 0 Å². The summed E-state index contributed by atoms with van der Waals surface area (Å²) in [4.78, 5) is 8.57. The number of aliphatic imine (C=N–C) groups is 1. The van der Waals surface area contributed by atoms with Gasteiger partial charge >= 0.3 is 0 Å². The molecule has 0 aliphatic rings. The number of nitrogens with zero attached hydrogens (tertiary/aromatic N) is 3. The van der Waals surface area contributed by atoms with E-state index in [1.807, 2.05) is 26.4 Å². The average Bonchev–Trinajstić information content (AvgIpc) is 3.04. The minimum atomic E-state index is 0. The number of benzene rings is 1. The second-order valence-corrected chi connectivity index (χ2v) is 6.44. The fraction of sp³-hybridized carbons (Fsp3) is 0.500. The number of halogens is 1. The largest absolute Gasteiger partial charge is 0.356 e. The van der Waals surface area contributed by atoms with Crippen molar-refractivity contribution in [2.75, 3.05) is 13.6 Å². The van der Waals surface area contributed by atoms with Gasteiger partial charge in [0.2, 0.25) is 0 Å². The zero-order chi connectivity index (χ0) is 17.9. The molecule has 0 amide bonds. The van der Waals surface area contributed by atoms with Gasteiger partial charge in [-0.3, -0.25) is 4.99 Å². The highest BCUT2D eigenvalue weighted by Crippen LogP contribution is 2.04. The van der Waals surface area contributed by atoms with Crippen molar-refractivity contribution in [1.29, 1.82) is 0 Å². The fourth-order valence-corrected chi connectivity index (χ4v) is 2.78. The van der Waals surface area contributed by atoms with Crippen LogP contribution in [0.1, 0.15) is 37.6 Å². The Balaban J connectivity index is 0.00000338. The number of nitrogens with one attached hydrogen (secondary N) is 2. The van der Waals surface area contributed by atoms with Gasteiger partial charge in [0, 0.05) is 38.6 Å². The van der Waals surface area contributed by atoms with Crippen LogP contribution in [-0.2, 0) is 13.0 Å². The Kier molecular flexibility index (Phi) is 11.0. The quantitative estimate of drug-likeness (QED) is 0.255. The van der Waals surface area contributed by atoms with Gasteiger partial charge in [-0.1, -0.05) is 30.3 Å². The molecule has 5 nitrogen and oxygen atoms in total. The van der Waals surface area contributed by atoms with Gasteiger partial charge in [-0.15, -0.1) is 24.0 Å². The summed E-state index contributed by atoms with van der Waals surface area (Å²) >= 11 is 0. The van der Waals surface area contributed by atoms with Crippen molar-refractivity contribution in [1.82, 2.24) is 20.2 Å². The first-order chi connectivity index (χ1) is 12.2. The Hall–Kier alpha value is -1.57. The number of aryl methyl sites for hydroxylation is 3. The molecular weight excluding hydrogens is 437 g/mol. The number of hydrogen-bond acceptors (Lipinski definition) is 2. The third kappa shape index (κ3) is 8.21. The van der Waals surface area contributed by atoms with Gasteiger partial charge in [0.15, 0.2) is 5.96 Å². The molecular formula is C20H32IN5. The molecule has 0 bridgehead atoms.